The Bertz CT molecular complexity index is 1020. The van der Waals surface area contributed by atoms with Crippen LogP contribution in [-0.2, 0) is 21.4 Å². The monoisotopic (exact) mass is 478 g/mol. The third-order valence-electron chi connectivity index (χ3n) is 4.95. The van der Waals surface area contributed by atoms with Gasteiger partial charge in [-0.25, -0.2) is 13.6 Å². The zero-order valence-corrected chi connectivity index (χ0v) is 19.7. The highest BCUT2D eigenvalue weighted by Crippen LogP contribution is 2.16. The van der Waals surface area contributed by atoms with Gasteiger partial charge in [0.1, 0.15) is 4.32 Å². The second-order valence-corrected chi connectivity index (χ2v) is 10.6. The Morgan fingerprint density at radius 1 is 1.06 bits per heavy atom. The van der Waals surface area contributed by atoms with Crippen LogP contribution in [0.4, 0.5) is 5.69 Å². The van der Waals surface area contributed by atoms with Crippen molar-refractivity contribution in [2.24, 2.45) is 5.14 Å². The van der Waals surface area contributed by atoms with Gasteiger partial charge in [-0.3, -0.25) is 9.69 Å². The fourth-order valence-corrected chi connectivity index (χ4v) is 4.75. The first-order valence-corrected chi connectivity index (χ1v) is 12.8. The molecular weight excluding hydrogens is 452 g/mol. The second kappa shape index (κ2) is 10.6. The van der Waals surface area contributed by atoms with E-state index in [1.54, 1.807) is 0 Å². The molecule has 1 heterocycles. The van der Waals surface area contributed by atoms with Gasteiger partial charge in [0.15, 0.2) is 0 Å². The van der Waals surface area contributed by atoms with Gasteiger partial charge < -0.3 is 10.2 Å². The predicted octanol–water partition coefficient (Wildman–Crippen LogP) is 2.42. The zero-order valence-electron chi connectivity index (χ0n) is 17.3. The van der Waals surface area contributed by atoms with Gasteiger partial charge in [-0.1, -0.05) is 53.8 Å². The summed E-state index contributed by atoms with van der Waals surface area (Å²) < 4.78 is 23.3. The van der Waals surface area contributed by atoms with Crippen molar-refractivity contribution >= 4 is 49.9 Å². The Morgan fingerprint density at radius 2 is 1.68 bits per heavy atom. The van der Waals surface area contributed by atoms with Crippen molar-refractivity contribution in [1.82, 2.24) is 9.80 Å². The molecule has 0 atom stereocenters. The highest BCUT2D eigenvalue weighted by Gasteiger charge is 2.20. The minimum Gasteiger partial charge on any atom is -0.355 e. The summed E-state index contributed by atoms with van der Waals surface area (Å²) in [5.41, 5.74) is 3.08. The average Bonchev–Trinajstić information content (AvgIpc) is 2.74. The maximum Gasteiger partial charge on any atom is 0.238 e. The number of nitrogens with two attached hydrogens (primary N) is 1. The number of carbonyl (C=O) groups excluding carboxylic acids is 1. The van der Waals surface area contributed by atoms with Crippen LogP contribution in [0.25, 0.3) is 0 Å². The zero-order chi connectivity index (χ0) is 22.4. The molecule has 3 rings (SSSR count). The average molecular weight is 479 g/mol. The molecule has 2 aromatic carbocycles. The number of thioether (sulfide) groups is 1. The number of hydrogen-bond donors (Lipinski definition) is 2. The van der Waals surface area contributed by atoms with Gasteiger partial charge in [-0.05, 0) is 36.8 Å². The number of thiocarbonyl (C=S) groups is 1. The van der Waals surface area contributed by atoms with Gasteiger partial charge in [-0.15, -0.1) is 0 Å². The lowest BCUT2D eigenvalue weighted by Crippen LogP contribution is -2.47. The summed E-state index contributed by atoms with van der Waals surface area (Å²) in [5, 5.41) is 7.81. The molecule has 2 aromatic rings. The number of benzene rings is 2. The number of nitrogens with one attached hydrogen (secondary N) is 1. The Balaban J connectivity index is 1.39. The van der Waals surface area contributed by atoms with Crippen molar-refractivity contribution < 1.29 is 13.2 Å². The maximum absolute atomic E-state index is 12.2. The third-order valence-corrected chi connectivity index (χ3v) is 7.40. The molecule has 166 valence electrons. The lowest BCUT2D eigenvalue weighted by molar-refractivity contribution is -0.113. The summed E-state index contributed by atoms with van der Waals surface area (Å²) in [7, 11) is -3.75. The summed E-state index contributed by atoms with van der Waals surface area (Å²) in [6, 6.07) is 14.3. The van der Waals surface area contributed by atoms with Gasteiger partial charge in [-0.2, -0.15) is 0 Å². The van der Waals surface area contributed by atoms with Crippen LogP contribution < -0.4 is 10.5 Å². The van der Waals surface area contributed by atoms with E-state index in [0.29, 0.717) is 5.69 Å². The first kappa shape index (κ1) is 23.7. The molecule has 0 aromatic heterocycles. The molecule has 7 nitrogen and oxygen atoms in total. The summed E-state index contributed by atoms with van der Waals surface area (Å²) in [6.45, 7) is 6.56. The van der Waals surface area contributed by atoms with Crippen molar-refractivity contribution in [2.75, 3.05) is 37.2 Å². The Morgan fingerprint density at radius 3 is 2.26 bits per heavy atom. The van der Waals surface area contributed by atoms with E-state index in [4.69, 9.17) is 17.4 Å². The molecule has 0 aliphatic carbocycles. The van der Waals surface area contributed by atoms with Crippen molar-refractivity contribution in [3.05, 3.63) is 59.7 Å². The summed E-state index contributed by atoms with van der Waals surface area (Å²) in [6.07, 6.45) is 0. The molecule has 1 aliphatic rings. The minimum atomic E-state index is -3.75. The van der Waals surface area contributed by atoms with Crippen molar-refractivity contribution in [3.8, 4) is 0 Å². The molecule has 0 spiro atoms. The number of anilines is 1. The molecule has 1 aliphatic heterocycles. The molecule has 0 saturated carbocycles. The first-order chi connectivity index (χ1) is 14.7. The predicted molar refractivity (Wildman–Crippen MR) is 130 cm³/mol. The van der Waals surface area contributed by atoms with Gasteiger partial charge in [0, 0.05) is 38.4 Å². The SMILES string of the molecule is Cc1ccc(CN2CCN(C(=S)SCC(=O)Nc3ccc(S(N)(=O)=O)cc3)CC2)cc1. The fraction of sp³-hybridized carbons (Fsp3) is 0.333. The quantitative estimate of drug-likeness (QED) is 0.616. The number of amides is 1. The smallest absolute Gasteiger partial charge is 0.238 e. The number of rotatable bonds is 6. The van der Waals surface area contributed by atoms with E-state index in [2.05, 4.69) is 46.3 Å². The standard InChI is InChI=1S/C21H26N4O3S3/c1-16-2-4-17(5-3-16)14-24-10-12-25(13-11-24)21(29)30-15-20(26)23-18-6-8-19(9-7-18)31(22,27)28/h2-9H,10-15H2,1H3,(H,23,26)(H2,22,27,28). The van der Waals surface area contributed by atoms with Crippen LogP contribution in [-0.4, -0.2) is 60.4 Å². The molecule has 3 N–H and O–H groups in total. The van der Waals surface area contributed by atoms with Crippen molar-refractivity contribution in [3.63, 3.8) is 0 Å². The van der Waals surface area contributed by atoms with Crippen LogP contribution in [0.5, 0.6) is 0 Å². The first-order valence-electron chi connectivity index (χ1n) is 9.83. The normalized spacial score (nSPS) is 15.0. The Hall–Kier alpha value is -1.98. The number of nitrogens with zero attached hydrogens (tertiary/aromatic N) is 2. The van der Waals surface area contributed by atoms with Crippen LogP contribution in [0.3, 0.4) is 0 Å². The fourth-order valence-electron chi connectivity index (χ4n) is 3.18. The van der Waals surface area contributed by atoms with E-state index < -0.39 is 10.0 Å². The molecule has 0 bridgehead atoms. The number of primary sulfonamides is 1. The van der Waals surface area contributed by atoms with E-state index >= 15 is 0 Å². The number of piperazine rings is 1. The maximum atomic E-state index is 12.2. The summed E-state index contributed by atoms with van der Waals surface area (Å²) in [5.74, 6) is -0.00646. The number of hydrogen-bond acceptors (Lipinski definition) is 6. The molecule has 0 unspecified atom stereocenters. The molecule has 1 amide bonds. The number of carbonyl (C=O) groups is 1. The van der Waals surface area contributed by atoms with E-state index in [0.717, 1.165) is 37.0 Å². The molecule has 1 saturated heterocycles. The van der Waals surface area contributed by atoms with Crippen molar-refractivity contribution in [2.45, 2.75) is 18.4 Å². The molecule has 31 heavy (non-hydrogen) atoms. The van der Waals surface area contributed by atoms with E-state index in [1.165, 1.54) is 47.2 Å². The topological polar surface area (TPSA) is 95.7 Å². The molecule has 0 radical (unpaired) electrons. The van der Waals surface area contributed by atoms with E-state index in [1.807, 2.05) is 0 Å². The molecule has 1 fully saturated rings. The van der Waals surface area contributed by atoms with Gasteiger partial charge >= 0.3 is 0 Å². The van der Waals surface area contributed by atoms with Crippen LogP contribution in [0.15, 0.2) is 53.4 Å². The van der Waals surface area contributed by atoms with Crippen LogP contribution >= 0.6 is 24.0 Å². The van der Waals surface area contributed by atoms with Crippen LogP contribution in [0.1, 0.15) is 11.1 Å². The highest BCUT2D eigenvalue weighted by atomic mass is 32.2. The van der Waals surface area contributed by atoms with Gasteiger partial charge in [0.25, 0.3) is 0 Å². The minimum absolute atomic E-state index is 0.00238. The largest absolute Gasteiger partial charge is 0.355 e. The van der Waals surface area contributed by atoms with E-state index in [9.17, 15) is 13.2 Å². The summed E-state index contributed by atoms with van der Waals surface area (Å²) in [4.78, 5) is 16.7. The Kier molecular flexibility index (Phi) is 8.06. The van der Waals surface area contributed by atoms with Gasteiger partial charge in [0.05, 0.1) is 10.6 Å². The molecular formula is C21H26N4O3S3. The lowest BCUT2D eigenvalue weighted by atomic mass is 10.1. The Labute approximate surface area is 193 Å². The van der Waals surface area contributed by atoms with Crippen molar-refractivity contribution in [1.29, 1.82) is 0 Å². The second-order valence-electron chi connectivity index (χ2n) is 7.42. The highest BCUT2D eigenvalue weighted by molar-refractivity contribution is 8.23. The van der Waals surface area contributed by atoms with Crippen LogP contribution in [0.2, 0.25) is 0 Å². The summed E-state index contributed by atoms with van der Waals surface area (Å²) >= 11 is 6.84. The van der Waals surface area contributed by atoms with Crippen LogP contribution in [0, 0.1) is 6.92 Å². The molecule has 10 heteroatoms. The lowest BCUT2D eigenvalue weighted by Gasteiger charge is -2.35. The number of aryl methyl sites for hydroxylation is 1. The van der Waals surface area contributed by atoms with E-state index in [-0.39, 0.29) is 16.6 Å². The number of sulfonamides is 1. The third kappa shape index (κ3) is 7.29. The van der Waals surface area contributed by atoms with Gasteiger partial charge in [0.2, 0.25) is 15.9 Å².